The summed E-state index contributed by atoms with van der Waals surface area (Å²) in [6.45, 7) is 2.82. The molecule has 8 heteroatoms. The molecule has 1 saturated heterocycles. The van der Waals surface area contributed by atoms with Crippen LogP contribution in [0.15, 0.2) is 53.4 Å². The van der Waals surface area contributed by atoms with Gasteiger partial charge in [-0.1, -0.05) is 41.9 Å². The van der Waals surface area contributed by atoms with Crippen molar-refractivity contribution in [3.05, 3.63) is 59.1 Å². The molecule has 162 valence electrons. The quantitative estimate of drug-likeness (QED) is 0.700. The van der Waals surface area contributed by atoms with Crippen LogP contribution >= 0.6 is 11.6 Å². The molecule has 1 aliphatic rings. The van der Waals surface area contributed by atoms with Crippen molar-refractivity contribution in [2.24, 2.45) is 5.92 Å². The van der Waals surface area contributed by atoms with Crippen molar-refractivity contribution in [3.8, 4) is 5.75 Å². The van der Waals surface area contributed by atoms with Crippen LogP contribution in [0.5, 0.6) is 5.75 Å². The number of carbonyl (C=O) groups excluding carboxylic acids is 1. The summed E-state index contributed by atoms with van der Waals surface area (Å²) in [7, 11) is -2.58. The monoisotopic (exact) mass is 450 g/mol. The van der Waals surface area contributed by atoms with Gasteiger partial charge in [0.05, 0.1) is 13.2 Å². The van der Waals surface area contributed by atoms with Gasteiger partial charge in [0.1, 0.15) is 10.6 Å². The number of rotatable bonds is 7. The van der Waals surface area contributed by atoms with Crippen molar-refractivity contribution in [1.29, 1.82) is 0 Å². The number of hydrogen-bond donors (Lipinski definition) is 1. The lowest BCUT2D eigenvalue weighted by atomic mass is 9.90. The molecule has 0 aromatic heterocycles. The molecule has 0 bridgehead atoms. The first-order valence-corrected chi connectivity index (χ1v) is 11.8. The van der Waals surface area contributed by atoms with Crippen LogP contribution in [0.1, 0.15) is 25.3 Å². The molecule has 1 N–H and O–H groups in total. The minimum Gasteiger partial charge on any atom is -0.495 e. The van der Waals surface area contributed by atoms with Gasteiger partial charge in [-0.2, -0.15) is 4.72 Å². The fourth-order valence-electron chi connectivity index (χ4n) is 3.79. The number of methoxy groups -OCH3 is 1. The predicted molar refractivity (Wildman–Crippen MR) is 117 cm³/mol. The van der Waals surface area contributed by atoms with E-state index < -0.39 is 16.1 Å². The summed E-state index contributed by atoms with van der Waals surface area (Å²) in [4.78, 5) is 14.5. The van der Waals surface area contributed by atoms with E-state index in [0.29, 0.717) is 19.0 Å². The lowest BCUT2D eigenvalue weighted by molar-refractivity contribution is -0.133. The lowest BCUT2D eigenvalue weighted by Crippen LogP contribution is -2.49. The number of nitrogens with one attached hydrogen (secondary N) is 1. The van der Waals surface area contributed by atoms with Crippen molar-refractivity contribution in [2.75, 3.05) is 20.2 Å². The summed E-state index contributed by atoms with van der Waals surface area (Å²) in [6, 6.07) is 13.8. The average Bonchev–Trinajstić information content (AvgIpc) is 2.74. The number of nitrogens with zero attached hydrogens (tertiary/aromatic N) is 1. The van der Waals surface area contributed by atoms with Crippen LogP contribution in [0.25, 0.3) is 0 Å². The van der Waals surface area contributed by atoms with E-state index in [1.165, 1.54) is 24.8 Å². The van der Waals surface area contributed by atoms with Crippen LogP contribution in [-0.2, 0) is 21.2 Å². The van der Waals surface area contributed by atoms with Gasteiger partial charge in [-0.15, -0.1) is 0 Å². The second-order valence-electron chi connectivity index (χ2n) is 7.60. The Morgan fingerprint density at radius 2 is 1.87 bits per heavy atom. The third-order valence-electron chi connectivity index (χ3n) is 5.41. The van der Waals surface area contributed by atoms with Crippen LogP contribution in [0, 0.1) is 5.92 Å². The van der Waals surface area contributed by atoms with E-state index in [-0.39, 0.29) is 21.6 Å². The molecule has 0 unspecified atom stereocenters. The molecular weight excluding hydrogens is 424 g/mol. The number of likely N-dealkylation sites (tertiary alicyclic amines) is 1. The van der Waals surface area contributed by atoms with Crippen molar-refractivity contribution < 1.29 is 17.9 Å². The molecule has 0 spiro atoms. The van der Waals surface area contributed by atoms with Crippen LogP contribution in [0.2, 0.25) is 5.02 Å². The molecule has 1 aliphatic heterocycles. The number of ether oxygens (including phenoxy) is 1. The lowest BCUT2D eigenvalue weighted by Gasteiger charge is -2.33. The van der Waals surface area contributed by atoms with E-state index in [1.54, 1.807) is 17.9 Å². The van der Waals surface area contributed by atoms with E-state index in [1.807, 2.05) is 18.2 Å². The molecular formula is C22H27ClN2O4S. The van der Waals surface area contributed by atoms with E-state index in [9.17, 15) is 13.2 Å². The van der Waals surface area contributed by atoms with Gasteiger partial charge in [0.2, 0.25) is 15.9 Å². The van der Waals surface area contributed by atoms with E-state index >= 15 is 0 Å². The largest absolute Gasteiger partial charge is 0.495 e. The maximum absolute atomic E-state index is 12.8. The molecule has 2 aromatic carbocycles. The average molecular weight is 451 g/mol. The number of amides is 1. The number of halogens is 1. The Morgan fingerprint density at radius 3 is 2.50 bits per heavy atom. The van der Waals surface area contributed by atoms with Gasteiger partial charge < -0.3 is 9.64 Å². The SMILES string of the molecule is COc1ccc(Cl)cc1S(=O)(=O)N[C@@H](C)C(=O)N1CCC(Cc2ccccc2)CC1. The maximum Gasteiger partial charge on any atom is 0.245 e. The summed E-state index contributed by atoms with van der Waals surface area (Å²) in [5, 5.41) is 0.274. The maximum atomic E-state index is 12.8. The molecule has 2 aromatic rings. The smallest absolute Gasteiger partial charge is 0.245 e. The molecule has 3 rings (SSSR count). The van der Waals surface area contributed by atoms with Crippen molar-refractivity contribution in [3.63, 3.8) is 0 Å². The van der Waals surface area contributed by atoms with E-state index in [2.05, 4.69) is 16.9 Å². The van der Waals surface area contributed by atoms with Gasteiger partial charge in [-0.05, 0) is 55.9 Å². The van der Waals surface area contributed by atoms with E-state index in [0.717, 1.165) is 19.3 Å². The van der Waals surface area contributed by atoms with Gasteiger partial charge >= 0.3 is 0 Å². The van der Waals surface area contributed by atoms with Gasteiger partial charge in [0.25, 0.3) is 0 Å². The van der Waals surface area contributed by atoms with Crippen molar-refractivity contribution >= 4 is 27.5 Å². The highest BCUT2D eigenvalue weighted by molar-refractivity contribution is 7.89. The Labute approximate surface area is 183 Å². The molecule has 1 atom stereocenters. The summed E-state index contributed by atoms with van der Waals surface area (Å²) in [5.41, 5.74) is 1.30. The highest BCUT2D eigenvalue weighted by Crippen LogP contribution is 2.27. The Balaban J connectivity index is 1.59. The van der Waals surface area contributed by atoms with Gasteiger partial charge in [0, 0.05) is 18.1 Å². The Hall–Kier alpha value is -2.09. The summed E-state index contributed by atoms with van der Waals surface area (Å²) >= 11 is 5.95. The molecule has 1 amide bonds. The number of benzene rings is 2. The summed E-state index contributed by atoms with van der Waals surface area (Å²) in [5.74, 6) is 0.477. The van der Waals surface area contributed by atoms with Gasteiger partial charge in [-0.3, -0.25) is 4.79 Å². The Kier molecular flexibility index (Phi) is 7.39. The highest BCUT2D eigenvalue weighted by atomic mass is 35.5. The molecule has 0 saturated carbocycles. The third kappa shape index (κ3) is 5.53. The molecule has 1 heterocycles. The third-order valence-corrected chi connectivity index (χ3v) is 7.21. The molecule has 0 aliphatic carbocycles. The van der Waals surface area contributed by atoms with Gasteiger partial charge in [-0.25, -0.2) is 8.42 Å². The topological polar surface area (TPSA) is 75.7 Å². The second-order valence-corrected chi connectivity index (χ2v) is 9.72. The standard InChI is InChI=1S/C22H27ClN2O4S/c1-16(24-30(27,28)21-15-19(23)8-9-20(21)29-2)22(26)25-12-10-18(11-13-25)14-17-6-4-3-5-7-17/h3-9,15-16,18,24H,10-14H2,1-2H3/t16-/m0/s1. The van der Waals surface area contributed by atoms with Crippen LogP contribution in [-0.4, -0.2) is 45.5 Å². The number of hydrogen-bond acceptors (Lipinski definition) is 4. The first-order chi connectivity index (χ1) is 14.3. The molecule has 6 nitrogen and oxygen atoms in total. The first kappa shape index (κ1) is 22.6. The fourth-order valence-corrected chi connectivity index (χ4v) is 5.41. The zero-order valence-electron chi connectivity index (χ0n) is 17.2. The molecule has 1 fully saturated rings. The first-order valence-electron chi connectivity index (χ1n) is 9.98. The number of piperidine rings is 1. The number of carbonyl (C=O) groups is 1. The Morgan fingerprint density at radius 1 is 1.20 bits per heavy atom. The highest BCUT2D eigenvalue weighted by Gasteiger charge is 2.30. The van der Waals surface area contributed by atoms with Crippen LogP contribution in [0.4, 0.5) is 0 Å². The zero-order chi connectivity index (χ0) is 21.7. The molecule has 30 heavy (non-hydrogen) atoms. The van der Waals surface area contributed by atoms with Crippen molar-refractivity contribution in [1.82, 2.24) is 9.62 Å². The zero-order valence-corrected chi connectivity index (χ0v) is 18.7. The summed E-state index contributed by atoms with van der Waals surface area (Å²) < 4.78 is 33.2. The van der Waals surface area contributed by atoms with Gasteiger partial charge in [0.15, 0.2) is 0 Å². The van der Waals surface area contributed by atoms with E-state index in [4.69, 9.17) is 16.3 Å². The minimum atomic E-state index is -3.97. The van der Waals surface area contributed by atoms with Crippen molar-refractivity contribution in [2.45, 2.75) is 37.1 Å². The molecule has 0 radical (unpaired) electrons. The Bertz CT molecular complexity index is 974. The second kappa shape index (κ2) is 9.81. The van der Waals surface area contributed by atoms with Crippen LogP contribution < -0.4 is 9.46 Å². The van der Waals surface area contributed by atoms with Crippen LogP contribution in [0.3, 0.4) is 0 Å². The normalized spacial score (nSPS) is 16.3. The predicted octanol–water partition coefficient (Wildman–Crippen LogP) is 3.50. The number of sulfonamides is 1. The minimum absolute atomic E-state index is 0.0845. The fraction of sp³-hybridized carbons (Fsp3) is 0.409. The summed E-state index contributed by atoms with van der Waals surface area (Å²) in [6.07, 6.45) is 2.81.